The third-order valence-electron chi connectivity index (χ3n) is 6.52. The first-order valence-electron chi connectivity index (χ1n) is 15.3. The van der Waals surface area contributed by atoms with E-state index in [1.807, 2.05) is 10.6 Å². The van der Waals surface area contributed by atoms with Crippen molar-refractivity contribution in [2.45, 2.75) is 31.4 Å². The predicted molar refractivity (Wildman–Crippen MR) is 183 cm³/mol. The molecule has 4 rings (SSSR count). The number of ether oxygens (including phenoxy) is 3. The topological polar surface area (TPSA) is 144 Å². The highest BCUT2D eigenvalue weighted by molar-refractivity contribution is 6.37. The van der Waals surface area contributed by atoms with Gasteiger partial charge in [-0.1, -0.05) is 46.9 Å². The summed E-state index contributed by atoms with van der Waals surface area (Å²) in [6.45, 7) is 0. The minimum atomic E-state index is -5.71. The van der Waals surface area contributed by atoms with Crippen LogP contribution < -0.4 is 30.7 Å². The molecule has 0 heterocycles. The summed E-state index contributed by atoms with van der Waals surface area (Å²) in [5, 5.41) is 5.15. The largest absolute Gasteiger partial charge is 0.525 e. The lowest BCUT2D eigenvalue weighted by atomic mass is 10.2. The first-order valence-corrected chi connectivity index (χ1v) is 16.5. The number of anilines is 2. The fourth-order valence-electron chi connectivity index (χ4n) is 4.04. The van der Waals surface area contributed by atoms with E-state index in [1.54, 1.807) is 10.6 Å². The SMILES string of the molecule is O=C(NC(=O)c1c(F)cccc1F)Nc1cc(Cl)c(OC(F)(F)C(F)F)c(Cl)c1.O=C(NC(=O)c1c(F)cccc1F)Nc1ccc(OC(F)(F)C(F)OC(F)(F)F)c(Cl)c1. The zero-order valence-electron chi connectivity index (χ0n) is 28.8. The highest BCUT2D eigenvalue weighted by Crippen LogP contribution is 2.40. The summed E-state index contributed by atoms with van der Waals surface area (Å²) < 4.78 is 190. The highest BCUT2D eigenvalue weighted by atomic mass is 35.5. The average Bonchev–Trinajstić information content (AvgIpc) is 3.10. The number of benzene rings is 4. The molecule has 28 heteroatoms. The molecule has 61 heavy (non-hydrogen) atoms. The molecular formula is C33H17Cl3F14N4O7. The van der Waals surface area contributed by atoms with Gasteiger partial charge in [0.15, 0.2) is 5.75 Å². The Kier molecular flexibility index (Phi) is 16.4. The Morgan fingerprint density at radius 3 is 1.36 bits per heavy atom. The first-order chi connectivity index (χ1) is 28.1. The van der Waals surface area contributed by atoms with Crippen LogP contribution in [0.4, 0.5) is 82.4 Å². The van der Waals surface area contributed by atoms with Gasteiger partial charge >= 0.3 is 43.4 Å². The maximum atomic E-state index is 13.5. The molecule has 1 unspecified atom stereocenters. The summed E-state index contributed by atoms with van der Waals surface area (Å²) >= 11 is 16.9. The molecule has 0 saturated carbocycles. The molecular weight excluding hydrogens is 937 g/mol. The Morgan fingerprint density at radius 1 is 0.557 bits per heavy atom. The van der Waals surface area contributed by atoms with Crippen LogP contribution in [0.3, 0.4) is 0 Å². The second kappa shape index (κ2) is 20.2. The van der Waals surface area contributed by atoms with E-state index in [2.05, 4.69) is 14.2 Å². The molecule has 0 aliphatic carbocycles. The van der Waals surface area contributed by atoms with Gasteiger partial charge in [0.2, 0.25) is 0 Å². The van der Waals surface area contributed by atoms with Crippen molar-refractivity contribution >= 4 is 70.1 Å². The van der Waals surface area contributed by atoms with Crippen molar-refractivity contribution in [3.8, 4) is 11.5 Å². The van der Waals surface area contributed by atoms with Gasteiger partial charge in [-0.15, -0.1) is 13.2 Å². The number of halogens is 17. The Morgan fingerprint density at radius 2 is 0.967 bits per heavy atom. The molecule has 0 radical (unpaired) electrons. The zero-order valence-corrected chi connectivity index (χ0v) is 31.1. The lowest BCUT2D eigenvalue weighted by molar-refractivity contribution is -0.411. The van der Waals surface area contributed by atoms with Crippen LogP contribution in [0, 0.1) is 23.3 Å². The van der Waals surface area contributed by atoms with Crippen LogP contribution in [0.1, 0.15) is 20.7 Å². The Labute approximate surface area is 344 Å². The number of amides is 6. The van der Waals surface area contributed by atoms with Gasteiger partial charge in [0, 0.05) is 11.4 Å². The Balaban J connectivity index is 0.000000327. The lowest BCUT2D eigenvalue weighted by Crippen LogP contribution is -2.41. The molecule has 4 N–H and O–H groups in total. The molecule has 1 atom stereocenters. The summed E-state index contributed by atoms with van der Waals surface area (Å²) in [5.74, 6) is -9.75. The molecule has 0 bridgehead atoms. The quantitative estimate of drug-likeness (QED) is 0.110. The van der Waals surface area contributed by atoms with E-state index in [-0.39, 0.29) is 11.4 Å². The van der Waals surface area contributed by atoms with Gasteiger partial charge in [0.05, 0.1) is 15.1 Å². The van der Waals surface area contributed by atoms with Gasteiger partial charge in [-0.2, -0.15) is 26.3 Å². The highest BCUT2D eigenvalue weighted by Gasteiger charge is 2.51. The van der Waals surface area contributed by atoms with E-state index >= 15 is 0 Å². The average molecular weight is 954 g/mol. The van der Waals surface area contributed by atoms with Crippen LogP contribution in [0.2, 0.25) is 15.1 Å². The van der Waals surface area contributed by atoms with Crippen LogP contribution >= 0.6 is 34.8 Å². The molecule has 6 amide bonds. The van der Waals surface area contributed by atoms with Crippen LogP contribution in [0.25, 0.3) is 0 Å². The first kappa shape index (κ1) is 49.6. The number of hydrogen-bond acceptors (Lipinski definition) is 7. The number of urea groups is 2. The molecule has 0 fully saturated rings. The third-order valence-corrected chi connectivity index (χ3v) is 7.38. The zero-order chi connectivity index (χ0) is 46.2. The minimum Gasteiger partial charge on any atom is -0.427 e. The normalized spacial score (nSPS) is 12.1. The maximum Gasteiger partial charge on any atom is 0.525 e. The maximum absolute atomic E-state index is 13.5. The Hall–Kier alpha value is -5.79. The van der Waals surface area contributed by atoms with E-state index < -0.39 is 116 Å². The molecule has 0 aromatic heterocycles. The fourth-order valence-corrected chi connectivity index (χ4v) is 4.82. The predicted octanol–water partition coefficient (Wildman–Crippen LogP) is 10.9. The van der Waals surface area contributed by atoms with Gasteiger partial charge in [0.1, 0.15) is 40.1 Å². The van der Waals surface area contributed by atoms with Gasteiger partial charge in [-0.3, -0.25) is 20.2 Å². The van der Waals surface area contributed by atoms with Crippen molar-refractivity contribution in [1.29, 1.82) is 0 Å². The van der Waals surface area contributed by atoms with E-state index in [1.165, 1.54) is 0 Å². The van der Waals surface area contributed by atoms with Crippen LogP contribution in [0.5, 0.6) is 11.5 Å². The number of alkyl halides is 10. The van der Waals surface area contributed by atoms with Crippen molar-refractivity contribution in [1.82, 2.24) is 10.6 Å². The number of rotatable bonds is 11. The molecule has 0 saturated heterocycles. The molecule has 0 spiro atoms. The van der Waals surface area contributed by atoms with Gasteiger partial charge in [0.25, 0.3) is 11.8 Å². The standard InChI is InChI=1S/C17H9ClF8N2O4.C16H8Cl2F6N2O3/c18-8-6-7(4-5-11(8)31-16(22,23)14(21)32-17(24,25)26)27-15(30)28-13(29)12-9(19)2-1-3-10(12)20;17-7-4-6(5-8(18)12(7)29-16(23,24)14(21)22)25-15(28)26-13(27)11-9(19)2-1-3-10(11)20/h1-6,14H,(H2,27,28,29,30);1-5,14H,(H2,25,26,27,28). The number of nitrogens with one attached hydrogen (secondary N) is 4. The smallest absolute Gasteiger partial charge is 0.427 e. The summed E-state index contributed by atoms with van der Waals surface area (Å²) in [7, 11) is 0. The van der Waals surface area contributed by atoms with E-state index in [0.717, 1.165) is 60.7 Å². The number of imide groups is 2. The van der Waals surface area contributed by atoms with E-state index in [0.29, 0.717) is 6.07 Å². The van der Waals surface area contributed by atoms with Crippen molar-refractivity contribution in [3.05, 3.63) is 116 Å². The second-order valence-corrected chi connectivity index (χ2v) is 12.2. The summed E-state index contributed by atoms with van der Waals surface area (Å²) in [6, 6.07) is 6.35. The fraction of sp³-hybridized carbons (Fsp3) is 0.152. The molecule has 4 aromatic rings. The molecule has 0 aliphatic heterocycles. The van der Waals surface area contributed by atoms with Gasteiger partial charge in [-0.25, -0.2) is 36.3 Å². The summed E-state index contributed by atoms with van der Waals surface area (Å²) in [4.78, 5) is 47.3. The van der Waals surface area contributed by atoms with Crippen LogP contribution in [0.15, 0.2) is 66.7 Å². The number of hydrogen-bond donors (Lipinski definition) is 4. The van der Waals surface area contributed by atoms with Crippen molar-refractivity contribution in [2.75, 3.05) is 10.6 Å². The van der Waals surface area contributed by atoms with Crippen molar-refractivity contribution < 1.29 is 94.9 Å². The number of carbonyl (C=O) groups is 4. The lowest BCUT2D eigenvalue weighted by Gasteiger charge is -2.22. The van der Waals surface area contributed by atoms with Crippen molar-refractivity contribution in [3.63, 3.8) is 0 Å². The van der Waals surface area contributed by atoms with E-state index in [9.17, 15) is 80.6 Å². The van der Waals surface area contributed by atoms with Crippen LogP contribution in [-0.4, -0.2) is 55.2 Å². The van der Waals surface area contributed by atoms with Gasteiger partial charge < -0.3 is 20.1 Å². The van der Waals surface area contributed by atoms with Gasteiger partial charge in [-0.05, 0) is 54.6 Å². The summed E-state index contributed by atoms with van der Waals surface area (Å²) in [6.07, 6.45) is -24.1. The minimum absolute atomic E-state index is 0.270. The van der Waals surface area contributed by atoms with E-state index in [4.69, 9.17) is 34.8 Å². The second-order valence-electron chi connectivity index (χ2n) is 10.9. The van der Waals surface area contributed by atoms with Crippen LogP contribution in [-0.2, 0) is 4.74 Å². The monoisotopic (exact) mass is 952 g/mol. The molecule has 11 nitrogen and oxygen atoms in total. The Bertz CT molecular complexity index is 2230. The number of carbonyl (C=O) groups excluding carboxylic acids is 4. The third kappa shape index (κ3) is 14.1. The van der Waals surface area contributed by atoms with Crippen molar-refractivity contribution in [2.24, 2.45) is 0 Å². The molecule has 330 valence electrons. The molecule has 4 aromatic carbocycles. The summed E-state index contributed by atoms with van der Waals surface area (Å²) in [5.41, 5.74) is -2.61. The molecule has 0 aliphatic rings.